The zero-order valence-corrected chi connectivity index (χ0v) is 12.3. The molecule has 1 aromatic carbocycles. The van der Waals surface area contributed by atoms with Crippen molar-refractivity contribution < 1.29 is 0 Å². The van der Waals surface area contributed by atoms with Gasteiger partial charge in [0.25, 0.3) is 0 Å². The Morgan fingerprint density at radius 2 is 1.95 bits per heavy atom. The van der Waals surface area contributed by atoms with Crippen molar-refractivity contribution in [1.29, 1.82) is 0 Å². The average Bonchev–Trinajstić information content (AvgIpc) is 2.50. The summed E-state index contributed by atoms with van der Waals surface area (Å²) in [5, 5.41) is 11.5. The molecular formula is C17H23N3. The Labute approximate surface area is 121 Å². The highest BCUT2D eigenvalue weighted by atomic mass is 15.1. The number of rotatable bonds is 7. The lowest BCUT2D eigenvalue weighted by Crippen LogP contribution is -2.23. The normalized spacial score (nSPS) is 12.3. The van der Waals surface area contributed by atoms with Crippen molar-refractivity contribution in [2.45, 2.75) is 39.2 Å². The summed E-state index contributed by atoms with van der Waals surface area (Å²) in [6, 6.07) is 11.1. The van der Waals surface area contributed by atoms with Gasteiger partial charge in [0, 0.05) is 6.20 Å². The summed E-state index contributed by atoms with van der Waals surface area (Å²) in [5.74, 6) is 0. The Bertz CT molecular complexity index is 511. The topological polar surface area (TPSA) is 37.8 Å². The summed E-state index contributed by atoms with van der Waals surface area (Å²) in [6.45, 7) is 5.39. The van der Waals surface area contributed by atoms with E-state index in [2.05, 4.69) is 53.6 Å². The van der Waals surface area contributed by atoms with Gasteiger partial charge in [-0.3, -0.25) is 0 Å². The van der Waals surface area contributed by atoms with Crippen molar-refractivity contribution in [3.63, 3.8) is 0 Å². The van der Waals surface area contributed by atoms with Gasteiger partial charge in [-0.1, -0.05) is 44.5 Å². The van der Waals surface area contributed by atoms with Gasteiger partial charge in [-0.15, -0.1) is 0 Å². The summed E-state index contributed by atoms with van der Waals surface area (Å²) in [6.07, 6.45) is 7.02. The van der Waals surface area contributed by atoms with Crippen LogP contribution >= 0.6 is 0 Å². The van der Waals surface area contributed by atoms with Crippen molar-refractivity contribution in [2.24, 2.45) is 0 Å². The van der Waals surface area contributed by atoms with Gasteiger partial charge in [0.15, 0.2) is 0 Å². The molecule has 0 bridgehead atoms. The van der Waals surface area contributed by atoms with Gasteiger partial charge in [-0.25, -0.2) is 0 Å². The first kappa shape index (κ1) is 14.7. The lowest BCUT2D eigenvalue weighted by molar-refractivity contribution is 0.595. The Hall–Kier alpha value is -1.74. The summed E-state index contributed by atoms with van der Waals surface area (Å²) in [5.41, 5.74) is 3.87. The monoisotopic (exact) mass is 269 g/mol. The first-order chi connectivity index (χ1) is 9.85. The molecule has 0 saturated heterocycles. The van der Waals surface area contributed by atoms with Crippen LogP contribution in [0.15, 0.2) is 42.7 Å². The van der Waals surface area contributed by atoms with Crippen LogP contribution in [0.5, 0.6) is 0 Å². The van der Waals surface area contributed by atoms with Crippen molar-refractivity contribution in [3.05, 3.63) is 59.4 Å². The SMILES string of the molecule is CCCNC(c1ccnnc1)c1cccc(CCC)c1. The van der Waals surface area contributed by atoms with Gasteiger partial charge in [0.1, 0.15) is 0 Å². The number of benzene rings is 1. The van der Waals surface area contributed by atoms with E-state index < -0.39 is 0 Å². The quantitative estimate of drug-likeness (QED) is 0.835. The van der Waals surface area contributed by atoms with Crippen LogP contribution in [-0.2, 0) is 6.42 Å². The minimum absolute atomic E-state index is 0.197. The van der Waals surface area contributed by atoms with Gasteiger partial charge >= 0.3 is 0 Å². The molecule has 0 radical (unpaired) electrons. The molecule has 0 aliphatic heterocycles. The number of hydrogen-bond donors (Lipinski definition) is 1. The van der Waals surface area contributed by atoms with E-state index in [1.54, 1.807) is 6.20 Å². The van der Waals surface area contributed by atoms with Crippen LogP contribution in [-0.4, -0.2) is 16.7 Å². The molecule has 106 valence electrons. The Kier molecular flexibility index (Phi) is 5.69. The highest BCUT2D eigenvalue weighted by molar-refractivity contribution is 5.32. The predicted octanol–water partition coefficient (Wildman–Crippen LogP) is 3.52. The summed E-state index contributed by atoms with van der Waals surface area (Å²) in [4.78, 5) is 0. The molecule has 0 fully saturated rings. The van der Waals surface area contributed by atoms with Crippen LogP contribution in [0.25, 0.3) is 0 Å². The first-order valence-corrected chi connectivity index (χ1v) is 7.44. The van der Waals surface area contributed by atoms with E-state index in [1.807, 2.05) is 12.3 Å². The van der Waals surface area contributed by atoms with Crippen molar-refractivity contribution >= 4 is 0 Å². The molecular weight excluding hydrogens is 246 g/mol. The van der Waals surface area contributed by atoms with Gasteiger partial charge in [-0.2, -0.15) is 10.2 Å². The molecule has 20 heavy (non-hydrogen) atoms. The maximum atomic E-state index is 4.01. The maximum Gasteiger partial charge on any atom is 0.0593 e. The molecule has 0 spiro atoms. The molecule has 1 N–H and O–H groups in total. The third kappa shape index (κ3) is 3.87. The van der Waals surface area contributed by atoms with Crippen LogP contribution in [0.4, 0.5) is 0 Å². The molecule has 3 nitrogen and oxygen atoms in total. The number of aromatic nitrogens is 2. The summed E-state index contributed by atoms with van der Waals surface area (Å²) < 4.78 is 0. The zero-order valence-electron chi connectivity index (χ0n) is 12.3. The Morgan fingerprint density at radius 3 is 2.65 bits per heavy atom. The number of nitrogens with zero attached hydrogens (tertiary/aromatic N) is 2. The van der Waals surface area contributed by atoms with Crippen LogP contribution in [0.2, 0.25) is 0 Å². The lowest BCUT2D eigenvalue weighted by Gasteiger charge is -2.19. The molecule has 0 saturated carbocycles. The zero-order chi connectivity index (χ0) is 14.2. The molecule has 0 aliphatic rings. The number of hydrogen-bond acceptors (Lipinski definition) is 3. The lowest BCUT2D eigenvalue weighted by atomic mass is 9.97. The number of aryl methyl sites for hydroxylation is 1. The fourth-order valence-electron chi connectivity index (χ4n) is 2.41. The van der Waals surface area contributed by atoms with E-state index in [0.29, 0.717) is 0 Å². The van der Waals surface area contributed by atoms with E-state index >= 15 is 0 Å². The summed E-state index contributed by atoms with van der Waals surface area (Å²) >= 11 is 0. The highest BCUT2D eigenvalue weighted by Crippen LogP contribution is 2.22. The molecule has 2 aromatic rings. The molecule has 0 amide bonds. The van der Waals surface area contributed by atoms with Crippen LogP contribution in [0.3, 0.4) is 0 Å². The second-order valence-corrected chi connectivity index (χ2v) is 5.06. The third-order valence-corrected chi connectivity index (χ3v) is 3.36. The Morgan fingerprint density at radius 1 is 1.05 bits per heavy atom. The average molecular weight is 269 g/mol. The second-order valence-electron chi connectivity index (χ2n) is 5.06. The smallest absolute Gasteiger partial charge is 0.0593 e. The fourth-order valence-corrected chi connectivity index (χ4v) is 2.41. The third-order valence-electron chi connectivity index (χ3n) is 3.36. The van der Waals surface area contributed by atoms with Crippen molar-refractivity contribution in [1.82, 2.24) is 15.5 Å². The molecule has 0 aliphatic carbocycles. The van der Waals surface area contributed by atoms with E-state index in [4.69, 9.17) is 0 Å². The fraction of sp³-hybridized carbons (Fsp3) is 0.412. The Balaban J connectivity index is 2.28. The second kappa shape index (κ2) is 7.75. The molecule has 1 heterocycles. The van der Waals surface area contributed by atoms with Gasteiger partial charge in [0.2, 0.25) is 0 Å². The molecule has 2 rings (SSSR count). The largest absolute Gasteiger partial charge is 0.306 e. The van der Waals surface area contributed by atoms with Gasteiger partial charge in [0.05, 0.1) is 12.2 Å². The van der Waals surface area contributed by atoms with Gasteiger partial charge < -0.3 is 5.32 Å². The maximum absolute atomic E-state index is 4.01. The van der Waals surface area contributed by atoms with Crippen LogP contribution in [0, 0.1) is 0 Å². The van der Waals surface area contributed by atoms with E-state index in [-0.39, 0.29) is 6.04 Å². The van der Waals surface area contributed by atoms with Crippen LogP contribution in [0.1, 0.15) is 49.4 Å². The van der Waals surface area contributed by atoms with Crippen molar-refractivity contribution in [3.8, 4) is 0 Å². The standard InChI is InChI=1S/C17H23N3/c1-3-6-14-7-5-8-15(12-14)17(18-10-4-2)16-9-11-19-20-13-16/h5,7-9,11-13,17-18H,3-4,6,10H2,1-2H3. The highest BCUT2D eigenvalue weighted by Gasteiger charge is 2.13. The van der Waals surface area contributed by atoms with E-state index in [1.165, 1.54) is 23.1 Å². The van der Waals surface area contributed by atoms with Gasteiger partial charge in [-0.05, 0) is 42.1 Å². The first-order valence-electron chi connectivity index (χ1n) is 7.44. The summed E-state index contributed by atoms with van der Waals surface area (Å²) in [7, 11) is 0. The molecule has 3 heteroatoms. The van der Waals surface area contributed by atoms with Crippen molar-refractivity contribution in [2.75, 3.05) is 6.54 Å². The molecule has 1 aromatic heterocycles. The van der Waals surface area contributed by atoms with Crippen LogP contribution < -0.4 is 5.32 Å². The minimum Gasteiger partial charge on any atom is -0.306 e. The molecule has 1 atom stereocenters. The minimum atomic E-state index is 0.197. The van der Waals surface area contributed by atoms with E-state index in [9.17, 15) is 0 Å². The van der Waals surface area contributed by atoms with E-state index in [0.717, 1.165) is 19.4 Å². The predicted molar refractivity (Wildman–Crippen MR) is 82.6 cm³/mol. The number of nitrogens with one attached hydrogen (secondary N) is 1. The molecule has 1 unspecified atom stereocenters.